The maximum atomic E-state index is 12.4. The molecule has 1 fully saturated rings. The van der Waals surface area contributed by atoms with E-state index in [0.717, 1.165) is 6.42 Å². The summed E-state index contributed by atoms with van der Waals surface area (Å²) in [6, 6.07) is 0.0640. The Labute approximate surface area is 127 Å². The van der Waals surface area contributed by atoms with Crippen LogP contribution in [0.2, 0.25) is 0 Å². The van der Waals surface area contributed by atoms with Crippen LogP contribution in [0, 0.1) is 0 Å². The first kappa shape index (κ1) is 18.5. The van der Waals surface area contributed by atoms with Gasteiger partial charge in [-0.15, -0.1) is 0 Å². The van der Waals surface area contributed by atoms with Gasteiger partial charge in [0.15, 0.2) is 0 Å². The van der Waals surface area contributed by atoms with Crippen LogP contribution in [0.15, 0.2) is 0 Å². The molecule has 1 rings (SSSR count). The molecule has 0 aromatic carbocycles. The van der Waals surface area contributed by atoms with Gasteiger partial charge in [-0.1, -0.05) is 0 Å². The number of rotatable bonds is 7. The summed E-state index contributed by atoms with van der Waals surface area (Å²) in [7, 11) is -3.03. The van der Waals surface area contributed by atoms with E-state index in [2.05, 4.69) is 0 Å². The minimum Gasteiger partial charge on any atom is -0.444 e. The highest BCUT2D eigenvalue weighted by molar-refractivity contribution is 7.53. The average Bonchev–Trinajstić information content (AvgIpc) is 2.25. The normalized spacial score (nSPS) is 19.3. The number of hydrogen-bond acceptors (Lipinski definition) is 5. The lowest BCUT2D eigenvalue weighted by Crippen LogP contribution is -2.52. The average molecular weight is 321 g/mol. The van der Waals surface area contributed by atoms with Gasteiger partial charge in [0.1, 0.15) is 5.60 Å². The quantitative estimate of drug-likeness (QED) is 0.670. The molecule has 1 amide bonds. The summed E-state index contributed by atoms with van der Waals surface area (Å²) in [5, 5.41) is 0. The zero-order chi connectivity index (χ0) is 16.1. The predicted octanol–water partition coefficient (Wildman–Crippen LogP) is 3.65. The van der Waals surface area contributed by atoms with Gasteiger partial charge >= 0.3 is 13.7 Å². The molecule has 6 nitrogen and oxygen atoms in total. The van der Waals surface area contributed by atoms with E-state index in [9.17, 15) is 9.36 Å². The minimum atomic E-state index is -3.03. The summed E-state index contributed by atoms with van der Waals surface area (Å²) >= 11 is 0. The molecule has 21 heavy (non-hydrogen) atoms. The van der Waals surface area contributed by atoms with Crippen molar-refractivity contribution in [3.8, 4) is 0 Å². The largest absolute Gasteiger partial charge is 0.444 e. The van der Waals surface area contributed by atoms with Gasteiger partial charge in [0.2, 0.25) is 0 Å². The van der Waals surface area contributed by atoms with E-state index in [0.29, 0.717) is 32.3 Å². The Morgan fingerprint density at radius 1 is 1.24 bits per heavy atom. The Morgan fingerprint density at radius 3 is 2.19 bits per heavy atom. The van der Waals surface area contributed by atoms with Gasteiger partial charge in [-0.3, -0.25) is 4.57 Å². The lowest BCUT2D eigenvalue weighted by atomic mass is 10.0. The van der Waals surface area contributed by atoms with Crippen LogP contribution in [-0.2, 0) is 18.3 Å². The first-order valence-electron chi connectivity index (χ1n) is 7.58. The SMILES string of the molecule is CCOP(=O)(CCC1CCN1C(=O)OC(C)(C)C)OCC. The highest BCUT2D eigenvalue weighted by Gasteiger charge is 2.37. The van der Waals surface area contributed by atoms with Crippen molar-refractivity contribution in [3.63, 3.8) is 0 Å². The van der Waals surface area contributed by atoms with Gasteiger partial charge < -0.3 is 18.7 Å². The van der Waals surface area contributed by atoms with Crippen molar-refractivity contribution in [3.05, 3.63) is 0 Å². The number of likely N-dealkylation sites (tertiary alicyclic amines) is 1. The molecule has 1 aliphatic heterocycles. The van der Waals surface area contributed by atoms with Gasteiger partial charge in [-0.25, -0.2) is 4.79 Å². The number of hydrogen-bond donors (Lipinski definition) is 0. The van der Waals surface area contributed by atoms with Gasteiger partial charge in [0.05, 0.1) is 19.4 Å². The van der Waals surface area contributed by atoms with Crippen LogP contribution in [0.3, 0.4) is 0 Å². The Kier molecular flexibility index (Phi) is 6.70. The van der Waals surface area contributed by atoms with Crippen molar-refractivity contribution >= 4 is 13.7 Å². The third-order valence-corrected chi connectivity index (χ3v) is 5.27. The molecule has 1 unspecified atom stereocenters. The van der Waals surface area contributed by atoms with Crippen molar-refractivity contribution < 1.29 is 23.1 Å². The van der Waals surface area contributed by atoms with Crippen LogP contribution < -0.4 is 0 Å². The predicted molar refractivity (Wildman–Crippen MR) is 81.7 cm³/mol. The molecule has 0 saturated carbocycles. The third kappa shape index (κ3) is 5.97. The molecule has 1 heterocycles. The first-order chi connectivity index (χ1) is 9.71. The van der Waals surface area contributed by atoms with Crippen LogP contribution in [-0.4, -0.2) is 48.6 Å². The fourth-order valence-corrected chi connectivity index (χ4v) is 3.90. The van der Waals surface area contributed by atoms with Crippen molar-refractivity contribution in [2.45, 2.75) is 59.1 Å². The standard InChI is InChI=1S/C14H28NO5P/c1-6-18-21(17,19-7-2)11-9-12-8-10-15(12)13(16)20-14(3,4)5/h12H,6-11H2,1-5H3. The molecular weight excluding hydrogens is 293 g/mol. The monoisotopic (exact) mass is 321 g/mol. The Morgan fingerprint density at radius 2 is 1.81 bits per heavy atom. The van der Waals surface area contributed by atoms with Crippen LogP contribution >= 0.6 is 7.60 Å². The van der Waals surface area contributed by atoms with E-state index in [1.807, 2.05) is 20.8 Å². The number of nitrogens with zero attached hydrogens (tertiary/aromatic N) is 1. The zero-order valence-electron chi connectivity index (χ0n) is 13.8. The van der Waals surface area contributed by atoms with Crippen LogP contribution in [0.4, 0.5) is 4.79 Å². The van der Waals surface area contributed by atoms with E-state index in [1.165, 1.54) is 0 Å². The molecule has 0 spiro atoms. The molecule has 124 valence electrons. The lowest BCUT2D eigenvalue weighted by molar-refractivity contribution is -0.00594. The lowest BCUT2D eigenvalue weighted by Gasteiger charge is -2.41. The summed E-state index contributed by atoms with van der Waals surface area (Å²) in [4.78, 5) is 13.7. The number of ether oxygens (including phenoxy) is 1. The molecule has 1 atom stereocenters. The van der Waals surface area contributed by atoms with E-state index >= 15 is 0 Å². The molecule has 0 bridgehead atoms. The number of amides is 1. The summed E-state index contributed by atoms with van der Waals surface area (Å²) in [6.45, 7) is 10.5. The summed E-state index contributed by atoms with van der Waals surface area (Å²) in [5.74, 6) is 0. The van der Waals surface area contributed by atoms with Gasteiger partial charge in [-0.2, -0.15) is 0 Å². The first-order valence-corrected chi connectivity index (χ1v) is 9.31. The van der Waals surface area contributed by atoms with E-state index in [1.54, 1.807) is 18.7 Å². The highest BCUT2D eigenvalue weighted by atomic mass is 31.2. The molecule has 0 aromatic heterocycles. The number of carbonyl (C=O) groups is 1. The van der Waals surface area contributed by atoms with E-state index < -0.39 is 13.2 Å². The van der Waals surface area contributed by atoms with Gasteiger partial charge in [0, 0.05) is 12.6 Å². The smallest absolute Gasteiger partial charge is 0.410 e. The minimum absolute atomic E-state index is 0.0640. The Balaban J connectivity index is 2.48. The van der Waals surface area contributed by atoms with Crippen LogP contribution in [0.5, 0.6) is 0 Å². The fraction of sp³-hybridized carbons (Fsp3) is 0.929. The van der Waals surface area contributed by atoms with Crippen molar-refractivity contribution in [1.29, 1.82) is 0 Å². The van der Waals surface area contributed by atoms with E-state index in [-0.39, 0.29) is 12.1 Å². The topological polar surface area (TPSA) is 65.1 Å². The van der Waals surface area contributed by atoms with Gasteiger partial charge in [-0.05, 0) is 47.5 Å². The zero-order valence-corrected chi connectivity index (χ0v) is 14.7. The second-order valence-electron chi connectivity index (χ2n) is 6.07. The number of carbonyl (C=O) groups excluding carboxylic acids is 1. The molecule has 0 radical (unpaired) electrons. The molecule has 1 saturated heterocycles. The summed E-state index contributed by atoms with van der Waals surface area (Å²) in [5.41, 5.74) is -0.497. The van der Waals surface area contributed by atoms with Crippen molar-refractivity contribution in [2.24, 2.45) is 0 Å². The summed E-state index contributed by atoms with van der Waals surface area (Å²) in [6.07, 6.45) is 1.54. The van der Waals surface area contributed by atoms with Gasteiger partial charge in [0.25, 0.3) is 0 Å². The second-order valence-corrected chi connectivity index (χ2v) is 8.26. The molecule has 0 aromatic rings. The Hall–Kier alpha value is -0.580. The van der Waals surface area contributed by atoms with Crippen LogP contribution in [0.25, 0.3) is 0 Å². The molecule has 0 N–H and O–H groups in total. The highest BCUT2D eigenvalue weighted by Crippen LogP contribution is 2.49. The van der Waals surface area contributed by atoms with Crippen molar-refractivity contribution in [2.75, 3.05) is 25.9 Å². The molecule has 7 heteroatoms. The maximum Gasteiger partial charge on any atom is 0.410 e. The van der Waals surface area contributed by atoms with Crippen LogP contribution in [0.1, 0.15) is 47.5 Å². The maximum absolute atomic E-state index is 12.4. The third-order valence-electron chi connectivity index (χ3n) is 3.16. The molecular formula is C14H28NO5P. The Bertz CT molecular complexity index is 383. The van der Waals surface area contributed by atoms with E-state index in [4.69, 9.17) is 13.8 Å². The second kappa shape index (κ2) is 7.61. The van der Waals surface area contributed by atoms with Crippen molar-refractivity contribution in [1.82, 2.24) is 4.90 Å². The fourth-order valence-electron chi connectivity index (χ4n) is 2.17. The molecule has 1 aliphatic rings. The summed E-state index contributed by atoms with van der Waals surface area (Å²) < 4.78 is 28.3. The molecule has 0 aliphatic carbocycles.